The Labute approximate surface area is 185 Å². The standard InChI is InChI=1S/C18H37N5O9/c19-3-9-8(25)2-7(22)17(29-9)31-15-5(20)1-6(21)16(14(15)28)32-18-13(27)11(23)12(26)10(4-24)30-18/h5-18,24-28H,1-4,19-23H2/t5-,6+,7+,8-,9+,10+,11-,12+,13+,14+,15+,16-,17?,18+/m0/s1. The highest BCUT2D eigenvalue weighted by Crippen LogP contribution is 2.30. The molecule has 1 saturated carbocycles. The van der Waals surface area contributed by atoms with Gasteiger partial charge in [0.25, 0.3) is 0 Å². The maximum absolute atomic E-state index is 11.0. The van der Waals surface area contributed by atoms with Gasteiger partial charge in [-0.05, 0) is 12.8 Å². The molecule has 14 atom stereocenters. The van der Waals surface area contributed by atoms with Gasteiger partial charge >= 0.3 is 0 Å². The van der Waals surface area contributed by atoms with Gasteiger partial charge in [0.1, 0.15) is 36.6 Å². The van der Waals surface area contributed by atoms with E-state index in [-0.39, 0.29) is 19.4 Å². The van der Waals surface area contributed by atoms with Crippen LogP contribution < -0.4 is 28.7 Å². The molecule has 0 aromatic heterocycles. The molecule has 0 aromatic carbocycles. The van der Waals surface area contributed by atoms with Crippen molar-refractivity contribution in [1.82, 2.24) is 0 Å². The molecule has 1 unspecified atom stereocenters. The van der Waals surface area contributed by atoms with Crippen LogP contribution in [0.15, 0.2) is 0 Å². The van der Waals surface area contributed by atoms with Crippen LogP contribution in [0.4, 0.5) is 0 Å². The Balaban J connectivity index is 1.70. The predicted octanol–water partition coefficient (Wildman–Crippen LogP) is -6.30. The van der Waals surface area contributed by atoms with Gasteiger partial charge in [-0.25, -0.2) is 0 Å². The summed E-state index contributed by atoms with van der Waals surface area (Å²) >= 11 is 0. The quantitative estimate of drug-likeness (QED) is 0.174. The molecule has 15 N–H and O–H groups in total. The summed E-state index contributed by atoms with van der Waals surface area (Å²) in [6, 6.07) is -3.27. The van der Waals surface area contributed by atoms with E-state index in [1.807, 2.05) is 0 Å². The predicted molar refractivity (Wildman–Crippen MR) is 108 cm³/mol. The Bertz CT molecular complexity index is 607. The molecule has 2 aliphatic heterocycles. The first-order valence-electron chi connectivity index (χ1n) is 10.8. The molecule has 2 saturated heterocycles. The fourth-order valence-corrected chi connectivity index (χ4v) is 4.43. The summed E-state index contributed by atoms with van der Waals surface area (Å²) in [7, 11) is 0. The number of rotatable bonds is 6. The zero-order chi connectivity index (χ0) is 23.7. The Morgan fingerprint density at radius 3 is 1.84 bits per heavy atom. The smallest absolute Gasteiger partial charge is 0.186 e. The van der Waals surface area contributed by atoms with Crippen molar-refractivity contribution >= 4 is 0 Å². The van der Waals surface area contributed by atoms with Crippen molar-refractivity contribution in [2.75, 3.05) is 13.2 Å². The minimum absolute atomic E-state index is 0.0542. The minimum atomic E-state index is -1.44. The molecule has 32 heavy (non-hydrogen) atoms. The van der Waals surface area contributed by atoms with Gasteiger partial charge in [0.15, 0.2) is 12.6 Å². The lowest BCUT2D eigenvalue weighted by Crippen LogP contribution is -2.68. The zero-order valence-corrected chi connectivity index (χ0v) is 17.7. The SMILES string of the molecule is NC[C@H]1OC(O[C@H]2[C@@H](O)[C@@H](O[C@H]3O[C@H](CO)[C@@H](O)[C@H](N)[C@H]3O)[C@H](N)C[C@@H]2N)[C@H](N)C[C@@H]1O. The van der Waals surface area contributed by atoms with Crippen molar-refractivity contribution in [3.63, 3.8) is 0 Å². The van der Waals surface area contributed by atoms with Crippen molar-refractivity contribution in [1.29, 1.82) is 0 Å². The van der Waals surface area contributed by atoms with Crippen LogP contribution >= 0.6 is 0 Å². The minimum Gasteiger partial charge on any atom is -0.394 e. The van der Waals surface area contributed by atoms with E-state index in [0.29, 0.717) is 0 Å². The molecule has 14 heteroatoms. The van der Waals surface area contributed by atoms with Gasteiger partial charge in [0.2, 0.25) is 0 Å². The number of aliphatic hydroxyl groups excluding tert-OH is 5. The first kappa shape index (κ1) is 26.1. The van der Waals surface area contributed by atoms with Crippen LogP contribution in [0.5, 0.6) is 0 Å². The fourth-order valence-electron chi connectivity index (χ4n) is 4.43. The van der Waals surface area contributed by atoms with Crippen molar-refractivity contribution < 1.29 is 44.5 Å². The molecule has 3 rings (SSSR count). The summed E-state index contributed by atoms with van der Waals surface area (Å²) in [5, 5.41) is 50.7. The Kier molecular flexibility index (Phi) is 8.79. The second kappa shape index (κ2) is 10.8. The summed E-state index contributed by atoms with van der Waals surface area (Å²) in [4.78, 5) is 0. The molecule has 0 amide bonds. The van der Waals surface area contributed by atoms with Crippen LogP contribution in [0.2, 0.25) is 0 Å². The average Bonchev–Trinajstić information content (AvgIpc) is 2.75. The van der Waals surface area contributed by atoms with Gasteiger partial charge in [0.05, 0.1) is 30.9 Å². The van der Waals surface area contributed by atoms with Crippen molar-refractivity contribution in [3.8, 4) is 0 Å². The summed E-state index contributed by atoms with van der Waals surface area (Å²) in [6.07, 6.45) is -10.8. The molecule has 0 spiro atoms. The van der Waals surface area contributed by atoms with E-state index in [2.05, 4.69) is 0 Å². The molecule has 14 nitrogen and oxygen atoms in total. The zero-order valence-electron chi connectivity index (χ0n) is 17.7. The molecular formula is C18H37N5O9. The number of aliphatic hydroxyl groups is 5. The van der Waals surface area contributed by atoms with Crippen LogP contribution in [-0.4, -0.2) is 124 Å². The van der Waals surface area contributed by atoms with Crippen molar-refractivity contribution in [3.05, 3.63) is 0 Å². The van der Waals surface area contributed by atoms with Crippen LogP contribution in [-0.2, 0) is 18.9 Å². The van der Waals surface area contributed by atoms with Crippen molar-refractivity contribution in [2.24, 2.45) is 28.7 Å². The van der Waals surface area contributed by atoms with Crippen LogP contribution in [0, 0.1) is 0 Å². The van der Waals surface area contributed by atoms with E-state index in [1.54, 1.807) is 0 Å². The van der Waals surface area contributed by atoms with Gasteiger partial charge in [-0.15, -0.1) is 0 Å². The largest absolute Gasteiger partial charge is 0.394 e. The summed E-state index contributed by atoms with van der Waals surface area (Å²) < 4.78 is 22.7. The molecule has 3 fully saturated rings. The van der Waals surface area contributed by atoms with E-state index in [0.717, 1.165) is 0 Å². The maximum Gasteiger partial charge on any atom is 0.186 e. The molecule has 0 bridgehead atoms. The average molecular weight is 468 g/mol. The van der Waals surface area contributed by atoms with E-state index < -0.39 is 92.2 Å². The molecule has 3 aliphatic rings. The van der Waals surface area contributed by atoms with Crippen LogP contribution in [0.25, 0.3) is 0 Å². The molecule has 2 heterocycles. The summed E-state index contributed by atoms with van der Waals surface area (Å²) in [5.74, 6) is 0. The molecule has 188 valence electrons. The van der Waals surface area contributed by atoms with Gasteiger partial charge < -0.3 is 73.1 Å². The molecule has 0 aromatic rings. The fraction of sp³-hybridized carbons (Fsp3) is 1.00. The van der Waals surface area contributed by atoms with Crippen molar-refractivity contribution in [2.45, 2.75) is 98.4 Å². The van der Waals surface area contributed by atoms with Crippen LogP contribution in [0.3, 0.4) is 0 Å². The molecule has 0 radical (unpaired) electrons. The van der Waals surface area contributed by atoms with Gasteiger partial charge in [0, 0.05) is 18.6 Å². The molecular weight excluding hydrogens is 430 g/mol. The lowest BCUT2D eigenvalue weighted by molar-refractivity contribution is -0.314. The lowest BCUT2D eigenvalue weighted by Gasteiger charge is -2.47. The van der Waals surface area contributed by atoms with E-state index in [9.17, 15) is 25.5 Å². The third-order valence-electron chi connectivity index (χ3n) is 6.41. The number of hydrogen-bond donors (Lipinski definition) is 10. The first-order valence-corrected chi connectivity index (χ1v) is 10.8. The first-order chi connectivity index (χ1) is 15.1. The summed E-state index contributed by atoms with van der Waals surface area (Å²) in [6.45, 7) is -0.499. The van der Waals surface area contributed by atoms with Gasteiger partial charge in [-0.3, -0.25) is 0 Å². The number of hydrogen-bond acceptors (Lipinski definition) is 14. The monoisotopic (exact) mass is 467 g/mol. The van der Waals surface area contributed by atoms with E-state index in [4.69, 9.17) is 47.6 Å². The second-order valence-corrected chi connectivity index (χ2v) is 8.78. The van der Waals surface area contributed by atoms with Crippen LogP contribution in [0.1, 0.15) is 12.8 Å². The highest BCUT2D eigenvalue weighted by molar-refractivity contribution is 5.01. The Morgan fingerprint density at radius 2 is 1.28 bits per heavy atom. The highest BCUT2D eigenvalue weighted by Gasteiger charge is 2.50. The highest BCUT2D eigenvalue weighted by atomic mass is 16.7. The lowest BCUT2D eigenvalue weighted by atomic mass is 9.84. The number of ether oxygens (including phenoxy) is 4. The topological polar surface area (TPSA) is 268 Å². The number of nitrogens with two attached hydrogens (primary N) is 5. The second-order valence-electron chi connectivity index (χ2n) is 8.78. The van der Waals surface area contributed by atoms with Gasteiger partial charge in [-0.1, -0.05) is 0 Å². The Hall–Kier alpha value is -0.560. The maximum atomic E-state index is 11.0. The van der Waals surface area contributed by atoms with E-state index in [1.165, 1.54) is 0 Å². The van der Waals surface area contributed by atoms with Gasteiger partial charge in [-0.2, -0.15) is 0 Å². The third-order valence-corrected chi connectivity index (χ3v) is 6.41. The summed E-state index contributed by atoms with van der Waals surface area (Å²) in [5.41, 5.74) is 29.8. The molecule has 1 aliphatic carbocycles. The Morgan fingerprint density at radius 1 is 0.719 bits per heavy atom. The van der Waals surface area contributed by atoms with E-state index >= 15 is 0 Å². The third kappa shape index (κ3) is 5.24. The normalized spacial score (nSPS) is 52.7.